The molecule has 92 valence electrons. The first-order valence-electron chi connectivity index (χ1n) is 5.39. The van der Waals surface area contributed by atoms with Gasteiger partial charge in [0.2, 0.25) is 0 Å². The van der Waals surface area contributed by atoms with Crippen LogP contribution in [0.2, 0.25) is 5.02 Å². The highest BCUT2D eigenvalue weighted by molar-refractivity contribution is 6.32. The van der Waals surface area contributed by atoms with Crippen LogP contribution in [0.3, 0.4) is 0 Å². The summed E-state index contributed by atoms with van der Waals surface area (Å²) in [5.41, 5.74) is 3.07. The van der Waals surface area contributed by atoms with E-state index < -0.39 is 0 Å². The molecule has 1 aromatic rings. The molecule has 0 aromatic heterocycles. The second-order valence-corrected chi connectivity index (χ2v) is 4.52. The van der Waals surface area contributed by atoms with Crippen LogP contribution in [0.5, 0.6) is 5.75 Å². The highest BCUT2D eigenvalue weighted by atomic mass is 35.5. The number of benzene rings is 1. The molecule has 0 amide bonds. The summed E-state index contributed by atoms with van der Waals surface area (Å²) in [6.45, 7) is 4.98. The molecule has 1 rings (SSSR count). The number of nitriles is 1. The molecular formula is C13H17ClN2O. The van der Waals surface area contributed by atoms with Crippen molar-refractivity contribution in [3.63, 3.8) is 0 Å². The first kappa shape index (κ1) is 13.8. The standard InChI is InChI=1S/C13H17ClN2O/c1-9-7-12(17-4)11(10(2)13(9)14)8-16(3)6-5-15/h7H,6,8H2,1-4H3. The minimum atomic E-state index is 0.383. The predicted molar refractivity (Wildman–Crippen MR) is 69.4 cm³/mol. The van der Waals surface area contributed by atoms with Crippen molar-refractivity contribution in [3.8, 4) is 11.8 Å². The summed E-state index contributed by atoms with van der Waals surface area (Å²) in [5, 5.41) is 9.43. The van der Waals surface area contributed by atoms with Gasteiger partial charge >= 0.3 is 0 Å². The van der Waals surface area contributed by atoms with Gasteiger partial charge < -0.3 is 4.74 Å². The Morgan fingerprint density at radius 2 is 2.12 bits per heavy atom. The molecule has 1 aromatic carbocycles. The van der Waals surface area contributed by atoms with Crippen LogP contribution in [-0.4, -0.2) is 25.6 Å². The van der Waals surface area contributed by atoms with E-state index in [4.69, 9.17) is 21.6 Å². The molecule has 0 fully saturated rings. The molecule has 0 spiro atoms. The Labute approximate surface area is 108 Å². The fourth-order valence-electron chi connectivity index (χ4n) is 1.79. The lowest BCUT2D eigenvalue weighted by atomic mass is 10.0. The topological polar surface area (TPSA) is 36.3 Å². The van der Waals surface area contributed by atoms with Gasteiger partial charge in [-0.2, -0.15) is 5.26 Å². The second-order valence-electron chi connectivity index (χ2n) is 4.14. The van der Waals surface area contributed by atoms with E-state index in [2.05, 4.69) is 6.07 Å². The molecule has 0 saturated carbocycles. The molecule has 0 atom stereocenters. The number of nitrogens with zero attached hydrogens (tertiary/aromatic N) is 2. The first-order chi connectivity index (χ1) is 8.01. The van der Waals surface area contributed by atoms with Gasteiger partial charge in [-0.15, -0.1) is 0 Å². The molecule has 0 bridgehead atoms. The number of halogens is 1. The van der Waals surface area contributed by atoms with Crippen LogP contribution >= 0.6 is 11.6 Å². The van der Waals surface area contributed by atoms with Crippen molar-refractivity contribution < 1.29 is 4.74 Å². The van der Waals surface area contributed by atoms with E-state index in [0.717, 1.165) is 27.5 Å². The molecule has 0 aliphatic carbocycles. The quantitative estimate of drug-likeness (QED) is 0.773. The molecule has 0 unspecified atom stereocenters. The molecule has 0 heterocycles. The highest BCUT2D eigenvalue weighted by Crippen LogP contribution is 2.32. The van der Waals surface area contributed by atoms with Gasteiger partial charge in [-0.25, -0.2) is 0 Å². The maximum absolute atomic E-state index is 8.66. The minimum Gasteiger partial charge on any atom is -0.496 e. The lowest BCUT2D eigenvalue weighted by Gasteiger charge is -2.19. The summed E-state index contributed by atoms with van der Waals surface area (Å²) in [5.74, 6) is 0.828. The lowest BCUT2D eigenvalue weighted by Crippen LogP contribution is -2.19. The smallest absolute Gasteiger partial charge is 0.123 e. The van der Waals surface area contributed by atoms with Crippen LogP contribution in [0.25, 0.3) is 0 Å². The summed E-state index contributed by atoms with van der Waals surface area (Å²) in [7, 11) is 3.55. The summed E-state index contributed by atoms with van der Waals surface area (Å²) < 4.78 is 5.37. The van der Waals surface area contributed by atoms with Crippen LogP contribution in [-0.2, 0) is 6.54 Å². The fourth-order valence-corrected chi connectivity index (χ4v) is 1.95. The number of hydrogen-bond acceptors (Lipinski definition) is 3. The molecule has 0 radical (unpaired) electrons. The lowest BCUT2D eigenvalue weighted by molar-refractivity contribution is 0.348. The number of ether oxygens (including phenoxy) is 1. The summed E-state index contributed by atoms with van der Waals surface area (Å²) in [6.07, 6.45) is 0. The maximum Gasteiger partial charge on any atom is 0.123 e. The molecule has 0 N–H and O–H groups in total. The van der Waals surface area contributed by atoms with Crippen molar-refractivity contribution in [1.29, 1.82) is 5.26 Å². The van der Waals surface area contributed by atoms with Crippen molar-refractivity contribution in [3.05, 3.63) is 27.8 Å². The van der Waals surface area contributed by atoms with Crippen molar-refractivity contribution in [2.24, 2.45) is 0 Å². The van der Waals surface area contributed by atoms with Crippen molar-refractivity contribution in [2.75, 3.05) is 20.7 Å². The van der Waals surface area contributed by atoms with E-state index in [1.54, 1.807) is 7.11 Å². The van der Waals surface area contributed by atoms with E-state index in [9.17, 15) is 0 Å². The third-order valence-corrected chi connectivity index (χ3v) is 3.34. The first-order valence-corrected chi connectivity index (χ1v) is 5.77. The van der Waals surface area contributed by atoms with Gasteiger partial charge in [-0.1, -0.05) is 11.6 Å². The normalized spacial score (nSPS) is 10.4. The largest absolute Gasteiger partial charge is 0.496 e. The Morgan fingerprint density at radius 1 is 1.47 bits per heavy atom. The van der Waals surface area contributed by atoms with E-state index >= 15 is 0 Å². The zero-order chi connectivity index (χ0) is 13.0. The molecule has 0 aliphatic rings. The summed E-state index contributed by atoms with van der Waals surface area (Å²) in [4.78, 5) is 1.93. The highest BCUT2D eigenvalue weighted by Gasteiger charge is 2.14. The summed E-state index contributed by atoms with van der Waals surface area (Å²) >= 11 is 6.23. The minimum absolute atomic E-state index is 0.383. The Bertz CT molecular complexity index is 452. The third-order valence-electron chi connectivity index (χ3n) is 2.76. The Balaban J connectivity index is 3.13. The number of methoxy groups -OCH3 is 1. The Hall–Kier alpha value is -1.24. The fraction of sp³-hybridized carbons (Fsp3) is 0.462. The molecule has 3 nitrogen and oxygen atoms in total. The average Bonchev–Trinajstić information content (AvgIpc) is 2.30. The van der Waals surface area contributed by atoms with Crippen molar-refractivity contribution in [2.45, 2.75) is 20.4 Å². The van der Waals surface area contributed by atoms with Gasteiger partial charge in [-0.3, -0.25) is 4.90 Å². The second kappa shape index (κ2) is 5.90. The molecule has 0 aliphatic heterocycles. The van der Waals surface area contributed by atoms with Crippen LogP contribution < -0.4 is 4.74 Å². The molecule has 0 saturated heterocycles. The zero-order valence-electron chi connectivity index (χ0n) is 10.7. The Kier molecular flexibility index (Phi) is 4.80. The van der Waals surface area contributed by atoms with Crippen LogP contribution in [0.4, 0.5) is 0 Å². The number of aryl methyl sites for hydroxylation is 1. The predicted octanol–water partition coefficient (Wildman–Crippen LogP) is 2.92. The number of hydrogen-bond donors (Lipinski definition) is 0. The van der Waals surface area contributed by atoms with E-state index in [1.807, 2.05) is 31.9 Å². The zero-order valence-corrected chi connectivity index (χ0v) is 11.4. The van der Waals surface area contributed by atoms with Crippen LogP contribution in [0.15, 0.2) is 6.07 Å². The van der Waals surface area contributed by atoms with Crippen molar-refractivity contribution in [1.82, 2.24) is 4.90 Å². The van der Waals surface area contributed by atoms with Gasteiger partial charge in [0.25, 0.3) is 0 Å². The van der Waals surface area contributed by atoms with Crippen LogP contribution in [0.1, 0.15) is 16.7 Å². The van der Waals surface area contributed by atoms with Gasteiger partial charge in [-0.05, 0) is 38.1 Å². The Morgan fingerprint density at radius 3 is 2.65 bits per heavy atom. The van der Waals surface area contributed by atoms with E-state index in [0.29, 0.717) is 13.1 Å². The molecular weight excluding hydrogens is 236 g/mol. The van der Waals surface area contributed by atoms with Crippen molar-refractivity contribution >= 4 is 11.6 Å². The van der Waals surface area contributed by atoms with Crippen LogP contribution in [0, 0.1) is 25.2 Å². The third kappa shape index (κ3) is 3.12. The molecule has 17 heavy (non-hydrogen) atoms. The van der Waals surface area contributed by atoms with Gasteiger partial charge in [0.05, 0.1) is 19.7 Å². The monoisotopic (exact) mass is 252 g/mol. The van der Waals surface area contributed by atoms with E-state index in [1.165, 1.54) is 0 Å². The molecule has 4 heteroatoms. The van der Waals surface area contributed by atoms with Gasteiger partial charge in [0, 0.05) is 17.1 Å². The number of rotatable bonds is 4. The SMILES string of the molecule is COc1cc(C)c(Cl)c(C)c1CN(C)CC#N. The van der Waals surface area contributed by atoms with E-state index in [-0.39, 0.29) is 0 Å². The maximum atomic E-state index is 8.66. The van der Waals surface area contributed by atoms with Gasteiger partial charge in [0.1, 0.15) is 5.75 Å². The average molecular weight is 253 g/mol. The summed E-state index contributed by atoms with van der Waals surface area (Å²) in [6, 6.07) is 4.06. The van der Waals surface area contributed by atoms with Gasteiger partial charge in [0.15, 0.2) is 0 Å².